The summed E-state index contributed by atoms with van der Waals surface area (Å²) in [6.07, 6.45) is 7.01. The summed E-state index contributed by atoms with van der Waals surface area (Å²) in [7, 11) is -2.35. The van der Waals surface area contributed by atoms with Crippen LogP contribution in [0.1, 0.15) is 44.2 Å². The van der Waals surface area contributed by atoms with Crippen LogP contribution in [0.25, 0.3) is 16.6 Å². The maximum absolute atomic E-state index is 12.4. The summed E-state index contributed by atoms with van der Waals surface area (Å²) in [5.74, 6) is 0.367. The van der Waals surface area contributed by atoms with Crippen molar-refractivity contribution < 1.29 is 27.0 Å². The molecule has 1 aliphatic carbocycles. The average Bonchev–Trinajstić information content (AvgIpc) is 3.22. The predicted octanol–water partition coefficient (Wildman–Crippen LogP) is 2.76. The second-order valence-electron chi connectivity index (χ2n) is 8.62. The van der Waals surface area contributed by atoms with Crippen molar-refractivity contribution in [2.75, 3.05) is 19.0 Å². The summed E-state index contributed by atoms with van der Waals surface area (Å²) >= 11 is 0. The predicted molar refractivity (Wildman–Crippen MR) is 125 cm³/mol. The molecule has 0 unspecified atom stereocenters. The molecule has 0 saturated heterocycles. The second kappa shape index (κ2) is 10.5. The molecule has 35 heavy (non-hydrogen) atoms. The monoisotopic (exact) mass is 510 g/mol. The lowest BCUT2D eigenvalue weighted by Crippen LogP contribution is -2.25. The van der Waals surface area contributed by atoms with Crippen LogP contribution in [0.3, 0.4) is 0 Å². The van der Waals surface area contributed by atoms with Crippen molar-refractivity contribution >= 4 is 21.5 Å². The van der Waals surface area contributed by atoms with Gasteiger partial charge in [-0.1, -0.05) is 0 Å². The maximum atomic E-state index is 12.4. The SMILES string of the molecule is CNS(=O)(=O)c1cncc(-c2cc([C@H]3CC[C@H](O)CC3)n3nc(N[C@@H](C)COC(F)F)ncc23)c1. The highest BCUT2D eigenvalue weighted by molar-refractivity contribution is 7.89. The molecule has 190 valence electrons. The number of alkyl halides is 2. The van der Waals surface area contributed by atoms with Gasteiger partial charge in [-0.25, -0.2) is 22.6 Å². The molecule has 1 saturated carbocycles. The number of fused-ring (bicyclic) bond motifs is 1. The highest BCUT2D eigenvalue weighted by atomic mass is 32.2. The summed E-state index contributed by atoms with van der Waals surface area (Å²) in [5.41, 5.74) is 2.84. The Morgan fingerprint density at radius 2 is 1.94 bits per heavy atom. The van der Waals surface area contributed by atoms with Crippen molar-refractivity contribution in [1.29, 1.82) is 0 Å². The average molecular weight is 511 g/mol. The minimum atomic E-state index is -3.69. The van der Waals surface area contributed by atoms with Gasteiger partial charge in [0.05, 0.1) is 24.4 Å². The van der Waals surface area contributed by atoms with Gasteiger partial charge in [-0.2, -0.15) is 8.78 Å². The number of anilines is 1. The van der Waals surface area contributed by atoms with Crippen LogP contribution in [0.2, 0.25) is 0 Å². The number of hydrogen-bond donors (Lipinski definition) is 3. The minimum Gasteiger partial charge on any atom is -0.393 e. The molecule has 3 N–H and O–H groups in total. The highest BCUT2D eigenvalue weighted by Gasteiger charge is 2.26. The van der Waals surface area contributed by atoms with Gasteiger partial charge in [0, 0.05) is 41.2 Å². The van der Waals surface area contributed by atoms with Gasteiger partial charge in [-0.15, -0.1) is 5.10 Å². The molecule has 0 spiro atoms. The Morgan fingerprint density at radius 3 is 2.63 bits per heavy atom. The number of halogens is 2. The Kier molecular flexibility index (Phi) is 7.59. The number of nitrogens with one attached hydrogen (secondary N) is 2. The number of ether oxygens (including phenoxy) is 1. The Bertz CT molecular complexity index is 1280. The number of rotatable bonds is 9. The summed E-state index contributed by atoms with van der Waals surface area (Å²) in [5, 5.41) is 17.5. The van der Waals surface area contributed by atoms with Crippen LogP contribution in [-0.4, -0.2) is 65.5 Å². The summed E-state index contributed by atoms with van der Waals surface area (Å²) in [4.78, 5) is 8.49. The number of sulfonamides is 1. The molecule has 1 atom stereocenters. The van der Waals surface area contributed by atoms with E-state index in [1.807, 2.05) is 6.07 Å². The number of aliphatic hydroxyl groups is 1. The third-order valence-corrected chi connectivity index (χ3v) is 7.49. The van der Waals surface area contributed by atoms with Gasteiger partial charge in [0.15, 0.2) is 0 Å². The highest BCUT2D eigenvalue weighted by Crippen LogP contribution is 2.37. The lowest BCUT2D eigenvalue weighted by atomic mass is 9.85. The number of hydrogen-bond acceptors (Lipinski definition) is 8. The first-order valence-corrected chi connectivity index (χ1v) is 12.8. The molecule has 0 bridgehead atoms. The Morgan fingerprint density at radius 1 is 1.20 bits per heavy atom. The fourth-order valence-corrected chi connectivity index (χ4v) is 5.00. The topological polar surface area (TPSA) is 131 Å². The van der Waals surface area contributed by atoms with Crippen LogP contribution in [0.5, 0.6) is 0 Å². The van der Waals surface area contributed by atoms with Gasteiger partial charge in [-0.3, -0.25) is 4.98 Å². The zero-order valence-electron chi connectivity index (χ0n) is 19.4. The smallest absolute Gasteiger partial charge is 0.345 e. The summed E-state index contributed by atoms with van der Waals surface area (Å²) in [6, 6.07) is 3.03. The molecule has 3 aromatic heterocycles. The van der Waals surface area contributed by atoms with E-state index >= 15 is 0 Å². The summed E-state index contributed by atoms with van der Waals surface area (Å²) in [6.45, 7) is -1.40. The van der Waals surface area contributed by atoms with Crippen LogP contribution >= 0.6 is 0 Å². The van der Waals surface area contributed by atoms with E-state index in [4.69, 9.17) is 0 Å². The molecule has 0 aromatic carbocycles. The van der Waals surface area contributed by atoms with E-state index in [9.17, 15) is 22.3 Å². The van der Waals surface area contributed by atoms with Crippen molar-refractivity contribution in [3.05, 3.63) is 36.4 Å². The summed E-state index contributed by atoms with van der Waals surface area (Å²) < 4.78 is 57.7. The number of pyridine rings is 1. The quantitative estimate of drug-likeness (QED) is 0.401. The molecule has 3 heterocycles. The lowest BCUT2D eigenvalue weighted by Gasteiger charge is -2.25. The Balaban J connectivity index is 1.75. The fourth-order valence-electron chi connectivity index (χ4n) is 4.28. The van der Waals surface area contributed by atoms with Gasteiger partial charge in [-0.05, 0) is 51.8 Å². The van der Waals surface area contributed by atoms with E-state index in [1.54, 1.807) is 29.9 Å². The van der Waals surface area contributed by atoms with Crippen molar-refractivity contribution in [2.45, 2.75) is 62.2 Å². The van der Waals surface area contributed by atoms with E-state index in [1.165, 1.54) is 13.2 Å². The van der Waals surface area contributed by atoms with Crippen LogP contribution in [0.15, 0.2) is 35.6 Å². The molecular weight excluding hydrogens is 482 g/mol. The largest absolute Gasteiger partial charge is 0.393 e. The standard InChI is InChI=1S/C22H28F2N6O4S/c1-13(12-34-21(23)24)28-22-27-11-20-18(15-7-17(10-26-9-15)35(32,33)25-2)8-19(30(20)29-22)14-3-5-16(31)6-4-14/h7-11,13-14,16,21,25,31H,3-6,12H2,1-2H3,(H,28,29)/t13-,14-,16-/m0/s1. The molecule has 13 heteroatoms. The number of aliphatic hydroxyl groups excluding tert-OH is 1. The molecular formula is C22H28F2N6O4S. The van der Waals surface area contributed by atoms with Gasteiger partial charge >= 0.3 is 6.61 Å². The first-order chi connectivity index (χ1) is 16.7. The zero-order chi connectivity index (χ0) is 25.2. The van der Waals surface area contributed by atoms with Gasteiger partial charge in [0.2, 0.25) is 16.0 Å². The van der Waals surface area contributed by atoms with E-state index in [-0.39, 0.29) is 29.5 Å². The molecule has 1 fully saturated rings. The molecule has 4 rings (SSSR count). The molecule has 0 radical (unpaired) electrons. The molecule has 3 aromatic rings. The van der Waals surface area contributed by atoms with E-state index in [2.05, 4.69) is 29.8 Å². The van der Waals surface area contributed by atoms with Gasteiger partial charge in [0.1, 0.15) is 4.90 Å². The van der Waals surface area contributed by atoms with E-state index < -0.39 is 22.7 Å². The molecule has 0 amide bonds. The normalized spacial score (nSPS) is 19.8. The first kappa shape index (κ1) is 25.4. The van der Waals surface area contributed by atoms with Crippen LogP contribution in [0, 0.1) is 0 Å². The van der Waals surface area contributed by atoms with Gasteiger partial charge in [0.25, 0.3) is 0 Å². The van der Waals surface area contributed by atoms with Crippen LogP contribution in [0.4, 0.5) is 14.7 Å². The third-order valence-electron chi connectivity index (χ3n) is 6.11. The lowest BCUT2D eigenvalue weighted by molar-refractivity contribution is -0.130. The van der Waals surface area contributed by atoms with Gasteiger partial charge < -0.3 is 15.2 Å². The Labute approximate surface area is 201 Å². The number of aromatic nitrogens is 4. The first-order valence-electron chi connectivity index (χ1n) is 11.3. The van der Waals surface area contributed by atoms with Crippen molar-refractivity contribution in [3.8, 4) is 11.1 Å². The molecule has 0 aliphatic heterocycles. The molecule has 1 aliphatic rings. The van der Waals surface area contributed by atoms with Crippen LogP contribution in [-0.2, 0) is 14.8 Å². The van der Waals surface area contributed by atoms with E-state index in [0.29, 0.717) is 29.5 Å². The van der Waals surface area contributed by atoms with Crippen molar-refractivity contribution in [3.63, 3.8) is 0 Å². The third kappa shape index (κ3) is 5.74. The molecule has 10 nitrogen and oxygen atoms in total. The van der Waals surface area contributed by atoms with E-state index in [0.717, 1.165) is 18.5 Å². The zero-order valence-corrected chi connectivity index (χ0v) is 20.2. The maximum Gasteiger partial charge on any atom is 0.345 e. The second-order valence-corrected chi connectivity index (χ2v) is 10.5. The Hall–Kier alpha value is -2.74. The fraction of sp³-hybridized carbons (Fsp3) is 0.500. The van der Waals surface area contributed by atoms with Crippen molar-refractivity contribution in [2.24, 2.45) is 0 Å². The van der Waals surface area contributed by atoms with Crippen molar-refractivity contribution in [1.82, 2.24) is 24.3 Å². The number of nitrogens with zero attached hydrogens (tertiary/aromatic N) is 4. The minimum absolute atomic E-state index is 0.0336. The van der Waals surface area contributed by atoms with Crippen LogP contribution < -0.4 is 10.0 Å².